The first-order valence-electron chi connectivity index (χ1n) is 10.5. The molecule has 2 amide bonds. The molecule has 1 aromatic heterocycles. The van der Waals surface area contributed by atoms with Crippen molar-refractivity contribution < 1.29 is 38.2 Å². The van der Waals surface area contributed by atoms with E-state index in [0.717, 1.165) is 10.5 Å². The second-order valence-corrected chi connectivity index (χ2v) is 9.38. The highest BCUT2D eigenvalue weighted by Gasteiger charge is 2.54. The molecular weight excluding hydrogens is 500 g/mol. The van der Waals surface area contributed by atoms with E-state index in [1.165, 1.54) is 24.8 Å². The maximum atomic E-state index is 12.7. The van der Waals surface area contributed by atoms with Gasteiger partial charge in [0.05, 0.1) is 0 Å². The fourth-order valence-electron chi connectivity index (χ4n) is 3.63. The maximum Gasteiger partial charge on any atom is 0.352 e. The van der Waals surface area contributed by atoms with Crippen molar-refractivity contribution in [1.82, 2.24) is 10.2 Å². The molecule has 0 saturated carbocycles. The lowest BCUT2D eigenvalue weighted by atomic mass is 10.0. The van der Waals surface area contributed by atoms with Crippen LogP contribution in [-0.2, 0) is 25.7 Å². The molecule has 4 rings (SSSR count). The van der Waals surface area contributed by atoms with Gasteiger partial charge in [-0.25, -0.2) is 4.79 Å². The van der Waals surface area contributed by atoms with Crippen LogP contribution in [0.15, 0.2) is 46.0 Å². The number of rotatable bonds is 8. The Labute approximate surface area is 209 Å². The van der Waals surface area contributed by atoms with E-state index in [9.17, 15) is 24.3 Å². The van der Waals surface area contributed by atoms with Crippen molar-refractivity contribution in [1.29, 1.82) is 0 Å². The summed E-state index contributed by atoms with van der Waals surface area (Å²) in [5, 5.41) is 12.2. The number of β-lactam (4-membered cyclic amide) rings is 1. The molecule has 3 heterocycles. The van der Waals surface area contributed by atoms with Crippen LogP contribution < -0.4 is 10.1 Å². The van der Waals surface area contributed by atoms with Gasteiger partial charge in [-0.2, -0.15) is 0 Å². The number of carboxylic acids is 1. The first-order chi connectivity index (χ1) is 16.7. The number of thioether (sulfide) groups is 1. The zero-order valence-corrected chi connectivity index (χ0v) is 20.3. The summed E-state index contributed by atoms with van der Waals surface area (Å²) in [6.07, 6.45) is 0. The normalized spacial score (nSPS) is 19.1. The molecular formula is C23H21ClN2O8S. The molecule has 35 heavy (non-hydrogen) atoms. The number of halogens is 1. The largest absolute Gasteiger partial charge is 0.486 e. The molecule has 2 N–H and O–H groups in total. The van der Waals surface area contributed by atoms with Gasteiger partial charge < -0.3 is 24.3 Å². The van der Waals surface area contributed by atoms with Crippen LogP contribution in [-0.4, -0.2) is 57.5 Å². The molecule has 0 spiro atoms. The molecule has 2 atom stereocenters. The van der Waals surface area contributed by atoms with Crippen molar-refractivity contribution in [3.05, 3.63) is 63.7 Å². The van der Waals surface area contributed by atoms with Gasteiger partial charge in [0.2, 0.25) is 0 Å². The third kappa shape index (κ3) is 5.15. The number of aryl methyl sites for hydroxylation is 1. The Balaban J connectivity index is 1.38. The van der Waals surface area contributed by atoms with Crippen molar-refractivity contribution in [3.8, 4) is 5.75 Å². The summed E-state index contributed by atoms with van der Waals surface area (Å²) in [6.45, 7) is 2.93. The predicted octanol–water partition coefficient (Wildman–Crippen LogP) is 2.74. The number of amides is 2. The van der Waals surface area contributed by atoms with Crippen molar-refractivity contribution in [2.75, 3.05) is 12.4 Å². The number of fused-ring (bicyclic) bond motifs is 1. The monoisotopic (exact) mass is 520 g/mol. The van der Waals surface area contributed by atoms with Gasteiger partial charge in [0.15, 0.2) is 5.76 Å². The third-order valence-corrected chi connectivity index (χ3v) is 7.15. The smallest absolute Gasteiger partial charge is 0.352 e. The standard InChI is InChI=1S/C23H21ClN2O8S/c1-11-7-14(3-5-16(11)24)33-9-15-4-6-17(34-15)20(28)25-18-21(29)26-19(23(30)31)13(8-32-12(2)27)10-35-22(18)26/h3-7,18,22H,8-10H2,1-2H3,(H,25,28)(H,30,31)/t18-,22+/m1/s1. The minimum absolute atomic E-state index is 0.00695. The average Bonchev–Trinajstić information content (AvgIpc) is 3.30. The Morgan fingerprint density at radius 1 is 1.26 bits per heavy atom. The average molecular weight is 521 g/mol. The Morgan fingerprint density at radius 3 is 2.71 bits per heavy atom. The van der Waals surface area contributed by atoms with Crippen molar-refractivity contribution in [2.45, 2.75) is 31.9 Å². The highest BCUT2D eigenvalue weighted by molar-refractivity contribution is 8.00. The van der Waals surface area contributed by atoms with Crippen LogP contribution >= 0.6 is 23.4 Å². The first-order valence-corrected chi connectivity index (χ1v) is 11.9. The summed E-state index contributed by atoms with van der Waals surface area (Å²) < 4.78 is 16.1. The number of benzene rings is 1. The van der Waals surface area contributed by atoms with Gasteiger partial charge in [-0.3, -0.25) is 19.3 Å². The van der Waals surface area contributed by atoms with Gasteiger partial charge in [-0.1, -0.05) is 11.6 Å². The second-order valence-electron chi connectivity index (χ2n) is 7.86. The van der Waals surface area contributed by atoms with Crippen LogP contribution in [0.1, 0.15) is 28.8 Å². The fraction of sp³-hybridized carbons (Fsp3) is 0.304. The molecule has 184 valence electrons. The SMILES string of the molecule is CC(=O)OCC1=C(C(=O)O)N2C(=O)[C@@H](NC(=O)c3ccc(COc4ccc(Cl)c(C)c4)o3)[C@@H]2SC1. The van der Waals surface area contributed by atoms with E-state index in [4.69, 9.17) is 25.5 Å². The Bertz CT molecular complexity index is 1240. The highest BCUT2D eigenvalue weighted by Crippen LogP contribution is 2.40. The van der Waals surface area contributed by atoms with E-state index in [-0.39, 0.29) is 30.4 Å². The van der Waals surface area contributed by atoms with Gasteiger partial charge in [0, 0.05) is 23.3 Å². The molecule has 12 heteroatoms. The van der Waals surface area contributed by atoms with Crippen LogP contribution in [0.5, 0.6) is 5.75 Å². The summed E-state index contributed by atoms with van der Waals surface area (Å²) in [4.78, 5) is 49.3. The molecule has 1 fully saturated rings. The molecule has 10 nitrogen and oxygen atoms in total. The van der Waals surface area contributed by atoms with Crippen LogP contribution in [0.3, 0.4) is 0 Å². The Kier molecular flexibility index (Phi) is 7.08. The van der Waals surface area contributed by atoms with E-state index in [0.29, 0.717) is 22.1 Å². The minimum Gasteiger partial charge on any atom is -0.486 e. The molecule has 1 saturated heterocycles. The van der Waals surface area contributed by atoms with Gasteiger partial charge in [0.1, 0.15) is 41.8 Å². The van der Waals surface area contributed by atoms with Crippen LogP contribution in [0.2, 0.25) is 5.02 Å². The topological polar surface area (TPSA) is 135 Å². The summed E-state index contributed by atoms with van der Waals surface area (Å²) in [7, 11) is 0. The quantitative estimate of drug-likeness (QED) is 0.397. The summed E-state index contributed by atoms with van der Waals surface area (Å²) in [5.41, 5.74) is 0.960. The van der Waals surface area contributed by atoms with Crippen LogP contribution in [0, 0.1) is 6.92 Å². The van der Waals surface area contributed by atoms with Gasteiger partial charge in [-0.05, 0) is 42.8 Å². The van der Waals surface area contributed by atoms with E-state index in [2.05, 4.69) is 5.32 Å². The molecule has 0 bridgehead atoms. The summed E-state index contributed by atoms with van der Waals surface area (Å²) in [6, 6.07) is 7.37. The summed E-state index contributed by atoms with van der Waals surface area (Å²) in [5.74, 6) is -1.80. The first kappa shape index (κ1) is 24.7. The van der Waals surface area contributed by atoms with Crippen molar-refractivity contribution in [2.24, 2.45) is 0 Å². The number of carbonyl (C=O) groups excluding carboxylic acids is 3. The molecule has 1 aromatic carbocycles. The molecule has 2 aliphatic rings. The van der Waals surface area contributed by atoms with Crippen molar-refractivity contribution >= 4 is 47.1 Å². The Morgan fingerprint density at radius 2 is 2.03 bits per heavy atom. The third-order valence-electron chi connectivity index (χ3n) is 5.38. The molecule has 0 unspecified atom stereocenters. The zero-order valence-electron chi connectivity index (χ0n) is 18.7. The van der Waals surface area contributed by atoms with E-state index in [1.807, 2.05) is 6.92 Å². The second kappa shape index (κ2) is 10.0. The number of carboxylic acid groups (broad SMARTS) is 1. The number of nitrogens with zero attached hydrogens (tertiary/aromatic N) is 1. The zero-order chi connectivity index (χ0) is 25.3. The van der Waals surface area contributed by atoms with E-state index >= 15 is 0 Å². The number of furan rings is 1. The van der Waals surface area contributed by atoms with Gasteiger partial charge >= 0.3 is 11.9 Å². The van der Waals surface area contributed by atoms with Gasteiger partial charge in [0.25, 0.3) is 11.8 Å². The number of hydrogen-bond donors (Lipinski definition) is 2. The van der Waals surface area contributed by atoms with Crippen LogP contribution in [0.4, 0.5) is 0 Å². The minimum atomic E-state index is -1.30. The molecule has 2 aromatic rings. The van der Waals surface area contributed by atoms with Crippen molar-refractivity contribution in [3.63, 3.8) is 0 Å². The Hall–Kier alpha value is -3.44. The number of hydrogen-bond acceptors (Lipinski definition) is 8. The van der Waals surface area contributed by atoms with Gasteiger partial charge in [-0.15, -0.1) is 11.8 Å². The summed E-state index contributed by atoms with van der Waals surface area (Å²) >= 11 is 7.28. The molecule has 2 aliphatic heterocycles. The molecule has 0 radical (unpaired) electrons. The number of carbonyl (C=O) groups is 4. The lowest BCUT2D eigenvalue weighted by Crippen LogP contribution is -2.70. The lowest BCUT2D eigenvalue weighted by Gasteiger charge is -2.49. The van der Waals surface area contributed by atoms with Crippen LogP contribution in [0.25, 0.3) is 0 Å². The number of aliphatic carboxylic acids is 1. The lowest BCUT2D eigenvalue weighted by molar-refractivity contribution is -0.149. The molecule has 0 aliphatic carbocycles. The number of esters is 1. The fourth-order valence-corrected chi connectivity index (χ4v) is 5.08. The predicted molar refractivity (Wildman–Crippen MR) is 125 cm³/mol. The number of ether oxygens (including phenoxy) is 2. The number of nitrogens with one attached hydrogen (secondary N) is 1. The van der Waals surface area contributed by atoms with E-state index < -0.39 is 35.2 Å². The van der Waals surface area contributed by atoms with E-state index in [1.54, 1.807) is 24.3 Å². The maximum absolute atomic E-state index is 12.7. The highest BCUT2D eigenvalue weighted by atomic mass is 35.5.